The molecular weight excluding hydrogens is 390 g/mol. The summed E-state index contributed by atoms with van der Waals surface area (Å²) in [7, 11) is 3.27. The van der Waals surface area contributed by atoms with Crippen molar-refractivity contribution < 1.29 is 19.0 Å². The van der Waals surface area contributed by atoms with E-state index in [1.54, 1.807) is 30.6 Å². The van der Waals surface area contributed by atoms with Crippen LogP contribution in [0.25, 0.3) is 0 Å². The van der Waals surface area contributed by atoms with Crippen LogP contribution in [0.5, 0.6) is 11.5 Å². The van der Waals surface area contributed by atoms with Gasteiger partial charge in [-0.1, -0.05) is 12.1 Å². The third kappa shape index (κ3) is 4.14. The molecule has 3 heterocycles. The van der Waals surface area contributed by atoms with E-state index < -0.39 is 0 Å². The van der Waals surface area contributed by atoms with Gasteiger partial charge in [-0.25, -0.2) is 5.01 Å². The molecule has 2 aromatic rings. The Morgan fingerprint density at radius 3 is 2.52 bits per heavy atom. The van der Waals surface area contributed by atoms with Crippen LogP contribution in [0.15, 0.2) is 40.8 Å². The average Bonchev–Trinajstić information content (AvgIpc) is 3.43. The Balaban J connectivity index is 1.67. The van der Waals surface area contributed by atoms with Gasteiger partial charge in [-0.05, 0) is 23.6 Å². The smallest absolute Gasteiger partial charge is 0.257 e. The van der Waals surface area contributed by atoms with Gasteiger partial charge in [0.1, 0.15) is 11.5 Å². The quantitative estimate of drug-likeness (QED) is 0.726. The van der Waals surface area contributed by atoms with Gasteiger partial charge in [0.15, 0.2) is 0 Å². The van der Waals surface area contributed by atoms with Crippen molar-refractivity contribution in [2.45, 2.75) is 12.5 Å². The summed E-state index contributed by atoms with van der Waals surface area (Å²) in [6.45, 7) is 3.13. The molecule has 1 atom stereocenters. The van der Waals surface area contributed by atoms with E-state index in [4.69, 9.17) is 19.3 Å². The molecule has 0 bridgehead atoms. The van der Waals surface area contributed by atoms with E-state index in [1.807, 2.05) is 35.7 Å². The van der Waals surface area contributed by atoms with Crippen molar-refractivity contribution in [3.8, 4) is 11.5 Å². The van der Waals surface area contributed by atoms with Gasteiger partial charge in [-0.3, -0.25) is 9.69 Å². The molecule has 4 rings (SSSR count). The molecule has 1 saturated heterocycles. The molecule has 0 unspecified atom stereocenters. The maximum absolute atomic E-state index is 13.3. The molecule has 1 aromatic carbocycles. The first kappa shape index (κ1) is 19.9. The summed E-state index contributed by atoms with van der Waals surface area (Å²) in [5.74, 6) is 1.36. The summed E-state index contributed by atoms with van der Waals surface area (Å²) in [5, 5.41) is 8.38. The van der Waals surface area contributed by atoms with Gasteiger partial charge in [0.2, 0.25) is 0 Å². The minimum absolute atomic E-state index is 0.0311. The first-order chi connectivity index (χ1) is 14.2. The average molecular weight is 416 g/mol. The maximum atomic E-state index is 13.3. The fourth-order valence-electron chi connectivity index (χ4n) is 3.79. The summed E-state index contributed by atoms with van der Waals surface area (Å²) in [6, 6.07) is 9.44. The number of benzene rings is 1. The molecule has 29 heavy (non-hydrogen) atoms. The molecule has 0 radical (unpaired) electrons. The summed E-state index contributed by atoms with van der Waals surface area (Å²) in [5.41, 5.74) is 1.76. The molecule has 8 heteroatoms. The Morgan fingerprint density at radius 2 is 1.90 bits per heavy atom. The van der Waals surface area contributed by atoms with E-state index >= 15 is 0 Å². The predicted octanol–water partition coefficient (Wildman–Crippen LogP) is 2.78. The summed E-state index contributed by atoms with van der Waals surface area (Å²) in [6.07, 6.45) is 0.617. The minimum Gasteiger partial charge on any atom is -0.496 e. The minimum atomic E-state index is -0.272. The van der Waals surface area contributed by atoms with Crippen LogP contribution in [0.4, 0.5) is 0 Å². The molecule has 2 aliphatic rings. The zero-order valence-corrected chi connectivity index (χ0v) is 17.5. The molecule has 2 aliphatic heterocycles. The van der Waals surface area contributed by atoms with Crippen LogP contribution in [0.3, 0.4) is 0 Å². The van der Waals surface area contributed by atoms with Crippen molar-refractivity contribution in [2.75, 3.05) is 47.1 Å². The molecule has 1 aromatic heterocycles. The van der Waals surface area contributed by atoms with Crippen LogP contribution < -0.4 is 9.47 Å². The number of hydrogen-bond donors (Lipinski definition) is 0. The largest absolute Gasteiger partial charge is 0.496 e. The number of nitrogens with zero attached hydrogens (tertiary/aromatic N) is 3. The molecule has 0 spiro atoms. The van der Waals surface area contributed by atoms with E-state index in [-0.39, 0.29) is 11.9 Å². The molecule has 1 fully saturated rings. The third-order valence-electron chi connectivity index (χ3n) is 5.23. The summed E-state index contributed by atoms with van der Waals surface area (Å²) >= 11 is 1.63. The van der Waals surface area contributed by atoms with Gasteiger partial charge < -0.3 is 14.2 Å². The van der Waals surface area contributed by atoms with Crippen molar-refractivity contribution in [3.63, 3.8) is 0 Å². The third-order valence-corrected chi connectivity index (χ3v) is 6.15. The molecule has 154 valence electrons. The van der Waals surface area contributed by atoms with E-state index in [0.717, 1.165) is 29.2 Å². The molecule has 7 nitrogen and oxygen atoms in total. The Morgan fingerprint density at radius 1 is 1.17 bits per heavy atom. The van der Waals surface area contributed by atoms with Crippen LogP contribution in [-0.2, 0) is 9.53 Å². The van der Waals surface area contributed by atoms with Gasteiger partial charge in [0.25, 0.3) is 5.91 Å². The van der Waals surface area contributed by atoms with Crippen molar-refractivity contribution in [1.82, 2.24) is 9.91 Å². The van der Waals surface area contributed by atoms with Crippen LogP contribution in [0.2, 0.25) is 0 Å². The Labute approximate surface area is 174 Å². The van der Waals surface area contributed by atoms with Gasteiger partial charge >= 0.3 is 0 Å². The highest BCUT2D eigenvalue weighted by Crippen LogP contribution is 2.42. The van der Waals surface area contributed by atoms with Crippen LogP contribution in [-0.4, -0.2) is 68.6 Å². The highest BCUT2D eigenvalue weighted by Gasteiger charge is 2.37. The van der Waals surface area contributed by atoms with Crippen molar-refractivity contribution in [3.05, 3.63) is 46.2 Å². The number of rotatable bonds is 6. The number of methoxy groups -OCH3 is 2. The standard InChI is InChI=1S/C21H25N3O4S/c1-26-17-5-3-6-18(27-2)21(17)16-13-15(19-7-4-12-29-19)22-24(16)20(25)14-23-8-10-28-11-9-23/h3-7,12,16H,8-11,13-14H2,1-2H3/t16-/m1/s1. The van der Waals surface area contributed by atoms with E-state index in [0.29, 0.717) is 37.7 Å². The number of hydrazone groups is 1. The summed E-state index contributed by atoms with van der Waals surface area (Å²) in [4.78, 5) is 16.5. The van der Waals surface area contributed by atoms with E-state index in [2.05, 4.69) is 4.90 Å². The molecule has 0 saturated carbocycles. The second-order valence-corrected chi connectivity index (χ2v) is 7.89. The van der Waals surface area contributed by atoms with Crippen molar-refractivity contribution in [1.29, 1.82) is 0 Å². The Kier molecular flexibility index (Phi) is 6.13. The second kappa shape index (κ2) is 8.94. The number of ether oxygens (including phenoxy) is 3. The lowest BCUT2D eigenvalue weighted by atomic mass is 9.99. The normalized spacial score (nSPS) is 19.9. The van der Waals surface area contributed by atoms with Crippen LogP contribution >= 0.6 is 11.3 Å². The fraction of sp³-hybridized carbons (Fsp3) is 0.429. The second-order valence-electron chi connectivity index (χ2n) is 6.95. The fourth-order valence-corrected chi connectivity index (χ4v) is 4.51. The summed E-state index contributed by atoms with van der Waals surface area (Å²) < 4.78 is 16.6. The van der Waals surface area contributed by atoms with Crippen molar-refractivity contribution in [2.24, 2.45) is 5.10 Å². The molecule has 0 N–H and O–H groups in total. The zero-order chi connectivity index (χ0) is 20.2. The monoisotopic (exact) mass is 415 g/mol. The molecule has 0 aliphatic carbocycles. The number of carbonyl (C=O) groups is 1. The number of hydrogen-bond acceptors (Lipinski definition) is 7. The highest BCUT2D eigenvalue weighted by atomic mass is 32.1. The predicted molar refractivity (Wildman–Crippen MR) is 112 cm³/mol. The Bertz CT molecular complexity index is 856. The van der Waals surface area contributed by atoms with E-state index in [1.165, 1.54) is 0 Å². The Hall–Kier alpha value is -2.42. The molecule has 1 amide bonds. The SMILES string of the molecule is COc1cccc(OC)c1[C@H]1CC(c2cccs2)=NN1C(=O)CN1CCOCC1. The highest BCUT2D eigenvalue weighted by molar-refractivity contribution is 7.12. The van der Waals surface area contributed by atoms with Crippen molar-refractivity contribution >= 4 is 23.0 Å². The van der Waals surface area contributed by atoms with Gasteiger partial charge in [-0.15, -0.1) is 11.3 Å². The maximum Gasteiger partial charge on any atom is 0.257 e. The number of thiophene rings is 1. The van der Waals surface area contributed by atoms with Gasteiger partial charge in [0, 0.05) is 19.5 Å². The number of morpholine rings is 1. The molecular formula is C21H25N3O4S. The lowest BCUT2D eigenvalue weighted by Gasteiger charge is -2.29. The number of carbonyl (C=O) groups excluding carboxylic acids is 1. The van der Waals surface area contributed by atoms with E-state index in [9.17, 15) is 4.79 Å². The van der Waals surface area contributed by atoms with Gasteiger partial charge in [-0.2, -0.15) is 5.10 Å². The lowest BCUT2D eigenvalue weighted by molar-refractivity contribution is -0.135. The first-order valence-corrected chi connectivity index (χ1v) is 10.5. The zero-order valence-electron chi connectivity index (χ0n) is 16.7. The van der Waals surface area contributed by atoms with Crippen LogP contribution in [0.1, 0.15) is 22.9 Å². The lowest BCUT2D eigenvalue weighted by Crippen LogP contribution is -2.43. The topological polar surface area (TPSA) is 63.6 Å². The first-order valence-electron chi connectivity index (χ1n) is 9.65. The van der Waals surface area contributed by atoms with Gasteiger partial charge in [0.05, 0.1) is 56.2 Å². The number of amides is 1. The van der Waals surface area contributed by atoms with Crippen LogP contribution in [0, 0.1) is 0 Å².